The van der Waals surface area contributed by atoms with Crippen LogP contribution in [0.15, 0.2) is 10.5 Å². The lowest BCUT2D eigenvalue weighted by atomic mass is 10.1. The van der Waals surface area contributed by atoms with Gasteiger partial charge >= 0.3 is 6.09 Å². The van der Waals surface area contributed by atoms with Crippen LogP contribution >= 0.6 is 0 Å². The second-order valence-electron chi connectivity index (χ2n) is 3.99. The van der Waals surface area contributed by atoms with Crippen LogP contribution in [0, 0.1) is 6.92 Å². The van der Waals surface area contributed by atoms with Gasteiger partial charge in [0.1, 0.15) is 11.5 Å². The Morgan fingerprint density at radius 1 is 1.59 bits per heavy atom. The van der Waals surface area contributed by atoms with E-state index in [2.05, 4.69) is 0 Å². The zero-order chi connectivity index (χ0) is 12.4. The zero-order valence-electron chi connectivity index (χ0n) is 9.99. The Hall–Kier alpha value is -1.78. The van der Waals surface area contributed by atoms with Crippen LogP contribution in [0.25, 0.3) is 0 Å². The van der Waals surface area contributed by atoms with Gasteiger partial charge in [0, 0.05) is 13.0 Å². The monoisotopic (exact) mass is 237 g/mol. The third kappa shape index (κ3) is 2.33. The number of fused-ring (bicyclic) bond motifs is 1. The van der Waals surface area contributed by atoms with E-state index in [0.717, 1.165) is 5.76 Å². The molecule has 0 bridgehead atoms. The predicted octanol–water partition coefficient (Wildman–Crippen LogP) is 1.79. The Morgan fingerprint density at radius 3 is 3.06 bits per heavy atom. The average Bonchev–Trinajstić information content (AvgIpc) is 2.59. The molecule has 0 aliphatic carbocycles. The van der Waals surface area contributed by atoms with E-state index in [1.54, 1.807) is 13.0 Å². The van der Waals surface area contributed by atoms with E-state index in [0.29, 0.717) is 30.9 Å². The molecule has 1 aromatic heterocycles. The molecule has 0 unspecified atom stereocenters. The first-order chi connectivity index (χ1) is 8.11. The number of carbonyl (C=O) groups excluding carboxylic acids is 2. The highest BCUT2D eigenvalue weighted by atomic mass is 16.6. The lowest BCUT2D eigenvalue weighted by Gasteiger charge is -2.18. The summed E-state index contributed by atoms with van der Waals surface area (Å²) in [6.45, 7) is 4.37. The smallest absolute Gasteiger partial charge is 0.410 e. The number of hydrogen-bond donors (Lipinski definition) is 0. The van der Waals surface area contributed by atoms with Crippen molar-refractivity contribution >= 4 is 11.9 Å². The third-order valence-corrected chi connectivity index (χ3v) is 2.70. The molecule has 0 aromatic carbocycles. The molecule has 1 amide bonds. The second-order valence-corrected chi connectivity index (χ2v) is 3.99. The van der Waals surface area contributed by atoms with Crippen LogP contribution in [0.5, 0.6) is 0 Å². The van der Waals surface area contributed by atoms with Crippen molar-refractivity contribution in [3.63, 3.8) is 0 Å². The quantitative estimate of drug-likeness (QED) is 0.747. The van der Waals surface area contributed by atoms with Crippen molar-refractivity contribution in [2.24, 2.45) is 0 Å². The Morgan fingerprint density at radius 2 is 2.35 bits per heavy atom. The SMILES string of the molecule is CCOC(=O)N1CCc2oc(C)cc2C(=O)C1. The van der Waals surface area contributed by atoms with Gasteiger partial charge in [-0.3, -0.25) is 4.79 Å². The molecule has 0 fully saturated rings. The van der Waals surface area contributed by atoms with Crippen LogP contribution in [0.4, 0.5) is 4.79 Å². The summed E-state index contributed by atoms with van der Waals surface area (Å²) >= 11 is 0. The summed E-state index contributed by atoms with van der Waals surface area (Å²) in [4.78, 5) is 24.9. The van der Waals surface area contributed by atoms with E-state index in [1.165, 1.54) is 4.90 Å². The van der Waals surface area contributed by atoms with Crippen LogP contribution in [0.3, 0.4) is 0 Å². The van der Waals surface area contributed by atoms with Gasteiger partial charge in [0.15, 0.2) is 5.78 Å². The highest BCUT2D eigenvalue weighted by Gasteiger charge is 2.27. The Labute approximate surface area is 99.3 Å². The minimum absolute atomic E-state index is 0.0603. The molecule has 1 aromatic rings. The van der Waals surface area contributed by atoms with E-state index < -0.39 is 6.09 Å². The summed E-state index contributed by atoms with van der Waals surface area (Å²) in [6.07, 6.45) is 0.107. The van der Waals surface area contributed by atoms with Gasteiger partial charge in [0.05, 0.1) is 18.7 Å². The molecule has 2 rings (SSSR count). The Bertz CT molecular complexity index is 449. The molecular formula is C12H15NO4. The second kappa shape index (κ2) is 4.61. The molecule has 5 heteroatoms. The molecule has 92 valence electrons. The normalized spacial score (nSPS) is 15.4. The van der Waals surface area contributed by atoms with Crippen molar-refractivity contribution in [1.82, 2.24) is 4.90 Å². The summed E-state index contributed by atoms with van der Waals surface area (Å²) in [5, 5.41) is 0. The minimum Gasteiger partial charge on any atom is -0.466 e. The van der Waals surface area contributed by atoms with Gasteiger partial charge in [-0.1, -0.05) is 0 Å². The van der Waals surface area contributed by atoms with Crippen LogP contribution < -0.4 is 0 Å². The maximum atomic E-state index is 11.9. The van der Waals surface area contributed by atoms with E-state index >= 15 is 0 Å². The van der Waals surface area contributed by atoms with E-state index in [-0.39, 0.29) is 12.3 Å². The standard InChI is InChI=1S/C12H15NO4/c1-3-16-12(15)13-5-4-11-9(10(14)7-13)6-8(2)17-11/h6H,3-5,7H2,1-2H3. The average molecular weight is 237 g/mol. The molecular weight excluding hydrogens is 222 g/mol. The first kappa shape index (κ1) is 11.7. The number of amides is 1. The number of Topliss-reactive ketones (excluding diaryl/α,β-unsaturated/α-hetero) is 1. The Balaban J connectivity index is 2.15. The number of nitrogens with zero attached hydrogens (tertiary/aromatic N) is 1. The fourth-order valence-corrected chi connectivity index (χ4v) is 1.93. The number of furan rings is 1. The van der Waals surface area contributed by atoms with Crippen LogP contribution in [0.2, 0.25) is 0 Å². The maximum Gasteiger partial charge on any atom is 0.410 e. The minimum atomic E-state index is -0.442. The van der Waals surface area contributed by atoms with Gasteiger partial charge in [0.2, 0.25) is 0 Å². The summed E-state index contributed by atoms with van der Waals surface area (Å²) in [5.41, 5.74) is 0.592. The van der Waals surface area contributed by atoms with Crippen molar-refractivity contribution in [3.8, 4) is 0 Å². The summed E-state index contributed by atoms with van der Waals surface area (Å²) < 4.78 is 10.3. The molecule has 5 nitrogen and oxygen atoms in total. The van der Waals surface area contributed by atoms with Gasteiger partial charge in [-0.15, -0.1) is 0 Å². The van der Waals surface area contributed by atoms with E-state index in [9.17, 15) is 9.59 Å². The fraction of sp³-hybridized carbons (Fsp3) is 0.500. The van der Waals surface area contributed by atoms with Gasteiger partial charge in [-0.05, 0) is 19.9 Å². The predicted molar refractivity (Wildman–Crippen MR) is 60.1 cm³/mol. The molecule has 0 spiro atoms. The lowest BCUT2D eigenvalue weighted by Crippen LogP contribution is -2.35. The van der Waals surface area contributed by atoms with E-state index in [1.807, 2.05) is 6.92 Å². The van der Waals surface area contributed by atoms with Crippen molar-refractivity contribution in [2.45, 2.75) is 20.3 Å². The highest BCUT2D eigenvalue weighted by Crippen LogP contribution is 2.20. The summed E-state index contributed by atoms with van der Waals surface area (Å²) in [5.74, 6) is 1.30. The van der Waals surface area contributed by atoms with Crippen LogP contribution in [0.1, 0.15) is 28.8 Å². The number of aryl methyl sites for hydroxylation is 1. The van der Waals surface area contributed by atoms with Crippen molar-refractivity contribution in [3.05, 3.63) is 23.2 Å². The number of hydrogen-bond acceptors (Lipinski definition) is 4. The summed E-state index contributed by atoms with van der Waals surface area (Å²) in [7, 11) is 0. The van der Waals surface area contributed by atoms with Crippen molar-refractivity contribution in [2.75, 3.05) is 19.7 Å². The van der Waals surface area contributed by atoms with Gasteiger partial charge < -0.3 is 14.1 Å². The van der Waals surface area contributed by atoms with Gasteiger partial charge in [-0.2, -0.15) is 0 Å². The first-order valence-electron chi connectivity index (χ1n) is 5.66. The number of ether oxygens (including phenoxy) is 1. The molecule has 0 N–H and O–H groups in total. The molecule has 2 heterocycles. The molecule has 0 saturated heterocycles. The lowest BCUT2D eigenvalue weighted by molar-refractivity contribution is 0.0855. The number of rotatable bonds is 1. The van der Waals surface area contributed by atoms with Gasteiger partial charge in [-0.25, -0.2) is 4.79 Å². The fourth-order valence-electron chi connectivity index (χ4n) is 1.93. The third-order valence-electron chi connectivity index (χ3n) is 2.70. The maximum absolute atomic E-state index is 11.9. The first-order valence-corrected chi connectivity index (χ1v) is 5.66. The van der Waals surface area contributed by atoms with Crippen molar-refractivity contribution in [1.29, 1.82) is 0 Å². The summed E-state index contributed by atoms with van der Waals surface area (Å²) in [6, 6.07) is 1.73. The Kier molecular flexibility index (Phi) is 3.17. The largest absolute Gasteiger partial charge is 0.466 e. The topological polar surface area (TPSA) is 59.8 Å². The highest BCUT2D eigenvalue weighted by molar-refractivity contribution is 6.00. The molecule has 0 atom stereocenters. The molecule has 0 saturated carbocycles. The zero-order valence-corrected chi connectivity index (χ0v) is 9.99. The van der Waals surface area contributed by atoms with Crippen molar-refractivity contribution < 1.29 is 18.7 Å². The van der Waals surface area contributed by atoms with Gasteiger partial charge in [0.25, 0.3) is 0 Å². The molecule has 1 aliphatic rings. The number of carbonyl (C=O) groups is 2. The molecule has 0 radical (unpaired) electrons. The van der Waals surface area contributed by atoms with Crippen LogP contribution in [-0.4, -0.2) is 36.5 Å². The molecule has 17 heavy (non-hydrogen) atoms. The van der Waals surface area contributed by atoms with E-state index in [4.69, 9.17) is 9.15 Å². The number of ketones is 1. The van der Waals surface area contributed by atoms with Crippen LogP contribution in [-0.2, 0) is 11.2 Å². The molecule has 1 aliphatic heterocycles.